The molecule has 0 fully saturated rings. The Morgan fingerprint density at radius 1 is 1.35 bits per heavy atom. The molecule has 0 saturated carbocycles. The molecular formula is C16H17BrN2O. The lowest BCUT2D eigenvalue weighted by Crippen LogP contribution is -2.18. The van der Waals surface area contributed by atoms with E-state index in [1.54, 1.807) is 7.11 Å². The molecule has 0 saturated heterocycles. The van der Waals surface area contributed by atoms with Crippen LogP contribution >= 0.6 is 15.9 Å². The van der Waals surface area contributed by atoms with Crippen molar-refractivity contribution in [1.29, 1.82) is 0 Å². The van der Waals surface area contributed by atoms with Crippen molar-refractivity contribution in [2.45, 2.75) is 25.3 Å². The van der Waals surface area contributed by atoms with Crippen LogP contribution in [0, 0.1) is 0 Å². The van der Waals surface area contributed by atoms with Crippen LogP contribution in [0.25, 0.3) is 0 Å². The van der Waals surface area contributed by atoms with Gasteiger partial charge in [0.05, 0.1) is 23.3 Å². The zero-order valence-corrected chi connectivity index (χ0v) is 13.0. The molecule has 0 aliphatic heterocycles. The molecule has 1 unspecified atom stereocenters. The van der Waals surface area contributed by atoms with Gasteiger partial charge in [0.25, 0.3) is 0 Å². The fourth-order valence-corrected chi connectivity index (χ4v) is 3.25. The molecule has 1 aromatic heterocycles. The molecule has 1 aliphatic rings. The van der Waals surface area contributed by atoms with Gasteiger partial charge in [-0.3, -0.25) is 4.98 Å². The van der Waals surface area contributed by atoms with Crippen molar-refractivity contribution in [2.75, 3.05) is 12.4 Å². The number of hydrogen-bond acceptors (Lipinski definition) is 3. The van der Waals surface area contributed by atoms with Gasteiger partial charge in [-0.2, -0.15) is 0 Å². The molecular weight excluding hydrogens is 316 g/mol. The molecule has 2 aromatic rings. The summed E-state index contributed by atoms with van der Waals surface area (Å²) in [4.78, 5) is 4.55. The second-order valence-electron chi connectivity index (χ2n) is 4.99. The predicted molar refractivity (Wildman–Crippen MR) is 84.2 cm³/mol. The summed E-state index contributed by atoms with van der Waals surface area (Å²) >= 11 is 3.52. The Balaban J connectivity index is 1.84. The Bertz CT molecular complexity index is 615. The summed E-state index contributed by atoms with van der Waals surface area (Å²) in [6.45, 7) is 0. The highest BCUT2D eigenvalue weighted by Crippen LogP contribution is 2.33. The van der Waals surface area contributed by atoms with E-state index in [0.29, 0.717) is 6.04 Å². The topological polar surface area (TPSA) is 34.1 Å². The van der Waals surface area contributed by atoms with Gasteiger partial charge >= 0.3 is 0 Å². The maximum absolute atomic E-state index is 5.26. The van der Waals surface area contributed by atoms with E-state index in [1.165, 1.54) is 17.7 Å². The van der Waals surface area contributed by atoms with Gasteiger partial charge in [-0.05, 0) is 65.0 Å². The lowest BCUT2D eigenvalue weighted by molar-refractivity contribution is 0.412. The van der Waals surface area contributed by atoms with Crippen molar-refractivity contribution in [2.24, 2.45) is 0 Å². The van der Waals surface area contributed by atoms with Crippen LogP contribution < -0.4 is 10.1 Å². The third-order valence-electron chi connectivity index (χ3n) is 3.69. The number of nitrogens with one attached hydrogen (secondary N) is 1. The standard InChI is InChI=1S/C16H17BrN2O/c1-20-15-8-7-12(10-13(15)17)19-14-6-2-4-11-5-3-9-18-16(11)14/h3,5,7-10,14,19H,2,4,6H2,1H3. The average Bonchev–Trinajstić information content (AvgIpc) is 2.48. The van der Waals surface area contributed by atoms with Gasteiger partial charge in [0.2, 0.25) is 0 Å². The maximum Gasteiger partial charge on any atom is 0.133 e. The minimum atomic E-state index is 0.292. The number of aryl methyl sites for hydroxylation is 1. The molecule has 0 radical (unpaired) electrons. The van der Waals surface area contributed by atoms with E-state index in [-0.39, 0.29) is 0 Å². The molecule has 0 amide bonds. The lowest BCUT2D eigenvalue weighted by atomic mass is 9.92. The van der Waals surface area contributed by atoms with Crippen LogP contribution in [0.1, 0.15) is 30.1 Å². The Morgan fingerprint density at radius 2 is 2.25 bits per heavy atom. The number of benzene rings is 1. The van der Waals surface area contributed by atoms with Gasteiger partial charge in [-0.1, -0.05) is 6.07 Å². The monoisotopic (exact) mass is 332 g/mol. The lowest BCUT2D eigenvalue weighted by Gasteiger charge is -2.26. The van der Waals surface area contributed by atoms with Gasteiger partial charge in [-0.25, -0.2) is 0 Å². The van der Waals surface area contributed by atoms with Crippen molar-refractivity contribution >= 4 is 21.6 Å². The minimum Gasteiger partial charge on any atom is -0.496 e. The first-order valence-electron chi connectivity index (χ1n) is 6.82. The number of ether oxygens (including phenoxy) is 1. The van der Waals surface area contributed by atoms with E-state index in [9.17, 15) is 0 Å². The number of nitrogens with zero attached hydrogens (tertiary/aromatic N) is 1. The van der Waals surface area contributed by atoms with Crippen LogP contribution in [0.4, 0.5) is 5.69 Å². The van der Waals surface area contributed by atoms with Crippen LogP contribution in [-0.2, 0) is 6.42 Å². The highest BCUT2D eigenvalue weighted by Gasteiger charge is 2.21. The third-order valence-corrected chi connectivity index (χ3v) is 4.31. The summed E-state index contributed by atoms with van der Waals surface area (Å²) in [5, 5.41) is 3.58. The summed E-state index contributed by atoms with van der Waals surface area (Å²) in [6.07, 6.45) is 5.33. The maximum atomic E-state index is 5.26. The first-order valence-corrected chi connectivity index (χ1v) is 7.61. The van der Waals surface area contributed by atoms with Crippen molar-refractivity contribution < 1.29 is 4.74 Å². The quantitative estimate of drug-likeness (QED) is 0.907. The Labute approximate surface area is 127 Å². The molecule has 0 bridgehead atoms. The minimum absolute atomic E-state index is 0.292. The van der Waals surface area contributed by atoms with Gasteiger partial charge in [0.1, 0.15) is 5.75 Å². The molecule has 3 nitrogen and oxygen atoms in total. The van der Waals surface area contributed by atoms with Crippen molar-refractivity contribution in [3.05, 3.63) is 52.3 Å². The van der Waals surface area contributed by atoms with E-state index < -0.39 is 0 Å². The summed E-state index contributed by atoms with van der Waals surface area (Å²) < 4.78 is 6.22. The van der Waals surface area contributed by atoms with E-state index in [2.05, 4.69) is 38.4 Å². The summed E-state index contributed by atoms with van der Waals surface area (Å²) in [5.41, 5.74) is 3.63. The number of rotatable bonds is 3. The Morgan fingerprint density at radius 3 is 3.05 bits per heavy atom. The second-order valence-corrected chi connectivity index (χ2v) is 5.84. The molecule has 1 aromatic carbocycles. The van der Waals surface area contributed by atoms with Gasteiger partial charge in [-0.15, -0.1) is 0 Å². The average molecular weight is 333 g/mol. The van der Waals surface area contributed by atoms with Crippen LogP contribution in [-0.4, -0.2) is 12.1 Å². The number of hydrogen-bond donors (Lipinski definition) is 1. The first kappa shape index (κ1) is 13.4. The fourth-order valence-electron chi connectivity index (χ4n) is 2.71. The van der Waals surface area contributed by atoms with E-state index in [4.69, 9.17) is 4.74 Å². The predicted octanol–water partition coefficient (Wildman–Crippen LogP) is 4.34. The van der Waals surface area contributed by atoms with Gasteiger partial charge in [0, 0.05) is 11.9 Å². The summed E-state index contributed by atoms with van der Waals surface area (Å²) in [5.74, 6) is 0.845. The molecule has 20 heavy (non-hydrogen) atoms. The van der Waals surface area contributed by atoms with Gasteiger partial charge in [0.15, 0.2) is 0 Å². The van der Waals surface area contributed by atoms with Crippen LogP contribution in [0.2, 0.25) is 0 Å². The van der Waals surface area contributed by atoms with Crippen LogP contribution in [0.5, 0.6) is 5.75 Å². The van der Waals surface area contributed by atoms with E-state index in [1.807, 2.05) is 24.4 Å². The number of fused-ring (bicyclic) bond motifs is 1. The number of halogens is 1. The zero-order valence-electron chi connectivity index (χ0n) is 11.4. The molecule has 3 rings (SSSR count). The summed E-state index contributed by atoms with van der Waals surface area (Å²) in [6, 6.07) is 10.6. The van der Waals surface area contributed by atoms with Crippen molar-refractivity contribution in [1.82, 2.24) is 4.98 Å². The van der Waals surface area contributed by atoms with Crippen LogP contribution in [0.3, 0.4) is 0 Å². The third kappa shape index (κ3) is 2.66. The number of pyridine rings is 1. The van der Waals surface area contributed by atoms with Crippen molar-refractivity contribution in [3.63, 3.8) is 0 Å². The molecule has 4 heteroatoms. The van der Waals surface area contributed by atoms with E-state index >= 15 is 0 Å². The number of aromatic nitrogens is 1. The molecule has 1 aliphatic carbocycles. The molecule has 1 atom stereocenters. The van der Waals surface area contributed by atoms with Gasteiger partial charge < -0.3 is 10.1 Å². The molecule has 104 valence electrons. The SMILES string of the molecule is COc1ccc(NC2CCCc3cccnc32)cc1Br. The zero-order chi connectivity index (χ0) is 13.9. The second kappa shape index (κ2) is 5.83. The van der Waals surface area contributed by atoms with E-state index in [0.717, 1.165) is 28.8 Å². The molecule has 1 heterocycles. The number of methoxy groups -OCH3 is 1. The molecule has 1 N–H and O–H groups in total. The number of anilines is 1. The summed E-state index contributed by atoms with van der Waals surface area (Å²) in [7, 11) is 1.68. The first-order chi connectivity index (χ1) is 9.78. The fraction of sp³-hybridized carbons (Fsp3) is 0.312. The smallest absolute Gasteiger partial charge is 0.133 e. The largest absolute Gasteiger partial charge is 0.496 e. The van der Waals surface area contributed by atoms with Crippen molar-refractivity contribution in [3.8, 4) is 5.75 Å². The Kier molecular flexibility index (Phi) is 3.92. The normalized spacial score (nSPS) is 17.4. The highest BCUT2D eigenvalue weighted by molar-refractivity contribution is 9.10. The Hall–Kier alpha value is -1.55. The molecule has 0 spiro atoms. The van der Waals surface area contributed by atoms with Crippen LogP contribution in [0.15, 0.2) is 41.0 Å². The highest BCUT2D eigenvalue weighted by atomic mass is 79.9.